The SMILES string of the molecule is O=C(CCC1CCN(c2cc(NC3CC3)ncn2)CC1)NC1CCCC1. The van der Waals surface area contributed by atoms with Crippen molar-refractivity contribution in [3.8, 4) is 0 Å². The maximum atomic E-state index is 12.1. The van der Waals surface area contributed by atoms with Gasteiger partial charge in [-0.05, 0) is 50.9 Å². The molecule has 4 rings (SSSR count). The van der Waals surface area contributed by atoms with E-state index in [0.717, 1.165) is 44.0 Å². The van der Waals surface area contributed by atoms with Crippen LogP contribution in [-0.2, 0) is 4.79 Å². The Balaban J connectivity index is 1.19. The third-order valence-electron chi connectivity index (χ3n) is 6.02. The van der Waals surface area contributed by atoms with Crippen LogP contribution in [-0.4, -0.2) is 41.0 Å². The highest BCUT2D eigenvalue weighted by Gasteiger charge is 2.24. The van der Waals surface area contributed by atoms with Gasteiger partial charge < -0.3 is 15.5 Å². The number of amides is 1. The molecule has 1 aromatic heterocycles. The number of carbonyl (C=O) groups excluding carboxylic acids is 1. The average Bonchev–Trinajstić information content (AvgIpc) is 3.33. The predicted molar refractivity (Wildman–Crippen MR) is 103 cm³/mol. The molecule has 1 aliphatic heterocycles. The Bertz CT molecular complexity index is 604. The Morgan fingerprint density at radius 1 is 1.04 bits per heavy atom. The van der Waals surface area contributed by atoms with E-state index in [-0.39, 0.29) is 5.91 Å². The molecule has 6 nitrogen and oxygen atoms in total. The number of anilines is 2. The highest BCUT2D eigenvalue weighted by Crippen LogP contribution is 2.28. The molecule has 0 aromatic carbocycles. The number of hydrogen-bond donors (Lipinski definition) is 2. The molecule has 2 N–H and O–H groups in total. The fourth-order valence-corrected chi connectivity index (χ4v) is 4.19. The first-order chi connectivity index (χ1) is 12.8. The van der Waals surface area contributed by atoms with Gasteiger partial charge in [0, 0.05) is 37.7 Å². The summed E-state index contributed by atoms with van der Waals surface area (Å²) in [4.78, 5) is 23.3. The summed E-state index contributed by atoms with van der Waals surface area (Å²) in [5.41, 5.74) is 0. The molecule has 0 atom stereocenters. The van der Waals surface area contributed by atoms with Crippen LogP contribution in [0.25, 0.3) is 0 Å². The standard InChI is InChI=1S/C20H31N5O/c26-20(24-16-3-1-2-4-16)8-5-15-9-11-25(12-10-15)19-13-18(21-14-22-19)23-17-6-7-17/h13-17H,1-12H2,(H,24,26)(H,21,22,23). The van der Waals surface area contributed by atoms with Crippen molar-refractivity contribution in [2.24, 2.45) is 5.92 Å². The van der Waals surface area contributed by atoms with E-state index in [2.05, 4.69) is 31.6 Å². The predicted octanol–water partition coefficient (Wildman–Crippen LogP) is 3.11. The van der Waals surface area contributed by atoms with Crippen molar-refractivity contribution in [2.75, 3.05) is 23.3 Å². The molecule has 0 spiro atoms. The normalized spacial score (nSPS) is 21.8. The molecule has 26 heavy (non-hydrogen) atoms. The van der Waals surface area contributed by atoms with Crippen LogP contribution in [0.2, 0.25) is 0 Å². The molecule has 3 fully saturated rings. The van der Waals surface area contributed by atoms with Crippen molar-refractivity contribution >= 4 is 17.5 Å². The fourth-order valence-electron chi connectivity index (χ4n) is 4.19. The molecule has 2 saturated carbocycles. The largest absolute Gasteiger partial charge is 0.367 e. The van der Waals surface area contributed by atoms with Crippen LogP contribution in [0.1, 0.15) is 64.2 Å². The Morgan fingerprint density at radius 2 is 1.81 bits per heavy atom. The first-order valence-corrected chi connectivity index (χ1v) is 10.4. The summed E-state index contributed by atoms with van der Waals surface area (Å²) in [6.45, 7) is 2.05. The van der Waals surface area contributed by atoms with Gasteiger partial charge in [-0.15, -0.1) is 0 Å². The van der Waals surface area contributed by atoms with Gasteiger partial charge in [-0.25, -0.2) is 9.97 Å². The summed E-state index contributed by atoms with van der Waals surface area (Å²) in [5, 5.41) is 6.65. The van der Waals surface area contributed by atoms with Crippen LogP contribution in [0.15, 0.2) is 12.4 Å². The van der Waals surface area contributed by atoms with Crippen molar-refractivity contribution in [3.05, 3.63) is 12.4 Å². The van der Waals surface area contributed by atoms with Gasteiger partial charge in [0.05, 0.1) is 0 Å². The van der Waals surface area contributed by atoms with Gasteiger partial charge in [0.25, 0.3) is 0 Å². The Labute approximate surface area is 156 Å². The number of hydrogen-bond acceptors (Lipinski definition) is 5. The zero-order valence-electron chi connectivity index (χ0n) is 15.6. The second kappa shape index (κ2) is 8.23. The number of nitrogens with zero attached hydrogens (tertiary/aromatic N) is 3. The molecule has 142 valence electrons. The Morgan fingerprint density at radius 3 is 2.54 bits per heavy atom. The van der Waals surface area contributed by atoms with Crippen molar-refractivity contribution < 1.29 is 4.79 Å². The Hall–Kier alpha value is -1.85. The monoisotopic (exact) mass is 357 g/mol. The lowest BCUT2D eigenvalue weighted by Gasteiger charge is -2.32. The summed E-state index contributed by atoms with van der Waals surface area (Å²) in [6.07, 6.45) is 13.0. The van der Waals surface area contributed by atoms with Gasteiger partial charge in [-0.3, -0.25) is 4.79 Å². The lowest BCUT2D eigenvalue weighted by molar-refractivity contribution is -0.122. The van der Waals surface area contributed by atoms with E-state index in [1.807, 2.05) is 0 Å². The van der Waals surface area contributed by atoms with Crippen LogP contribution in [0.5, 0.6) is 0 Å². The molecule has 1 saturated heterocycles. The van der Waals surface area contributed by atoms with E-state index in [1.165, 1.54) is 38.5 Å². The minimum atomic E-state index is 0.255. The topological polar surface area (TPSA) is 70.2 Å². The average molecular weight is 358 g/mol. The van der Waals surface area contributed by atoms with Crippen LogP contribution in [0.4, 0.5) is 11.6 Å². The van der Waals surface area contributed by atoms with Crippen LogP contribution in [0.3, 0.4) is 0 Å². The third kappa shape index (κ3) is 4.86. The molecule has 3 aliphatic rings. The van der Waals surface area contributed by atoms with Crippen molar-refractivity contribution in [3.63, 3.8) is 0 Å². The molecule has 1 amide bonds. The van der Waals surface area contributed by atoms with Crippen LogP contribution < -0.4 is 15.5 Å². The number of nitrogens with one attached hydrogen (secondary N) is 2. The van der Waals surface area contributed by atoms with Gasteiger partial charge >= 0.3 is 0 Å². The number of aromatic nitrogens is 2. The van der Waals surface area contributed by atoms with E-state index < -0.39 is 0 Å². The third-order valence-corrected chi connectivity index (χ3v) is 6.02. The number of piperidine rings is 1. The van der Waals surface area contributed by atoms with E-state index in [1.54, 1.807) is 6.33 Å². The molecule has 2 heterocycles. The molecule has 0 bridgehead atoms. The summed E-state index contributed by atoms with van der Waals surface area (Å²) < 4.78 is 0. The molecule has 1 aromatic rings. The summed E-state index contributed by atoms with van der Waals surface area (Å²) in [6, 6.07) is 3.13. The second-order valence-corrected chi connectivity index (χ2v) is 8.20. The van der Waals surface area contributed by atoms with E-state index >= 15 is 0 Å². The molecule has 0 radical (unpaired) electrons. The minimum Gasteiger partial charge on any atom is -0.367 e. The first-order valence-electron chi connectivity index (χ1n) is 10.4. The molecular formula is C20H31N5O. The van der Waals surface area contributed by atoms with Gasteiger partial charge in [-0.2, -0.15) is 0 Å². The highest BCUT2D eigenvalue weighted by atomic mass is 16.1. The molecule has 0 unspecified atom stereocenters. The van der Waals surface area contributed by atoms with Gasteiger partial charge in [0.15, 0.2) is 0 Å². The summed E-state index contributed by atoms with van der Waals surface area (Å²) in [5.74, 6) is 2.89. The van der Waals surface area contributed by atoms with Gasteiger partial charge in [-0.1, -0.05) is 12.8 Å². The fraction of sp³-hybridized carbons (Fsp3) is 0.750. The summed E-state index contributed by atoms with van der Waals surface area (Å²) >= 11 is 0. The zero-order chi connectivity index (χ0) is 17.8. The number of carbonyl (C=O) groups is 1. The van der Waals surface area contributed by atoms with Gasteiger partial charge in [0.2, 0.25) is 5.91 Å². The molecule has 6 heteroatoms. The lowest BCUT2D eigenvalue weighted by atomic mass is 9.92. The maximum Gasteiger partial charge on any atom is 0.220 e. The van der Waals surface area contributed by atoms with E-state index in [4.69, 9.17) is 0 Å². The smallest absolute Gasteiger partial charge is 0.220 e. The number of rotatable bonds is 7. The first kappa shape index (κ1) is 17.6. The molecular weight excluding hydrogens is 326 g/mol. The van der Waals surface area contributed by atoms with Crippen LogP contribution in [0, 0.1) is 5.92 Å². The maximum absolute atomic E-state index is 12.1. The van der Waals surface area contributed by atoms with E-state index in [9.17, 15) is 4.79 Å². The van der Waals surface area contributed by atoms with Crippen molar-refractivity contribution in [1.29, 1.82) is 0 Å². The van der Waals surface area contributed by atoms with Crippen molar-refractivity contribution in [1.82, 2.24) is 15.3 Å². The Kier molecular flexibility index (Phi) is 5.56. The minimum absolute atomic E-state index is 0.255. The second-order valence-electron chi connectivity index (χ2n) is 8.20. The summed E-state index contributed by atoms with van der Waals surface area (Å²) in [7, 11) is 0. The lowest BCUT2D eigenvalue weighted by Crippen LogP contribution is -2.36. The highest BCUT2D eigenvalue weighted by molar-refractivity contribution is 5.76. The van der Waals surface area contributed by atoms with Crippen LogP contribution >= 0.6 is 0 Å². The van der Waals surface area contributed by atoms with Gasteiger partial charge in [0.1, 0.15) is 18.0 Å². The zero-order valence-corrected chi connectivity index (χ0v) is 15.6. The van der Waals surface area contributed by atoms with E-state index in [0.29, 0.717) is 24.4 Å². The quantitative estimate of drug-likeness (QED) is 0.785. The van der Waals surface area contributed by atoms with Crippen molar-refractivity contribution in [2.45, 2.75) is 76.3 Å². The molecule has 2 aliphatic carbocycles.